The molecular formula is C17H18N4O4. The molecule has 0 spiro atoms. The maximum Gasteiger partial charge on any atom is 0.329 e. The number of rotatable bonds is 4. The Balaban J connectivity index is 1.90. The number of hydrazone groups is 1. The summed E-state index contributed by atoms with van der Waals surface area (Å²) in [6.07, 6.45) is 1.23. The van der Waals surface area contributed by atoms with E-state index >= 15 is 0 Å². The number of aromatic hydroxyl groups is 2. The number of benzene rings is 2. The Hall–Kier alpha value is -3.55. The van der Waals surface area contributed by atoms with E-state index in [0.717, 1.165) is 5.69 Å². The van der Waals surface area contributed by atoms with Gasteiger partial charge in [-0.2, -0.15) is 5.10 Å². The molecule has 0 saturated heterocycles. The maximum atomic E-state index is 11.8. The summed E-state index contributed by atoms with van der Waals surface area (Å²) in [5.74, 6) is -2.37. The van der Waals surface area contributed by atoms with Crippen LogP contribution in [0.4, 0.5) is 11.4 Å². The molecule has 0 heterocycles. The molecule has 0 fully saturated rings. The third-order valence-corrected chi connectivity index (χ3v) is 3.23. The van der Waals surface area contributed by atoms with Crippen molar-refractivity contribution in [2.45, 2.75) is 0 Å². The largest absolute Gasteiger partial charge is 0.504 e. The van der Waals surface area contributed by atoms with Gasteiger partial charge in [-0.25, -0.2) is 5.43 Å². The highest BCUT2D eigenvalue weighted by atomic mass is 16.3. The SMILES string of the molecule is CN(C)c1ccc(NC(=O)C(=O)N/N=C/c2ccc(O)c(O)c2)cc1. The van der Waals surface area contributed by atoms with Crippen LogP contribution in [0, 0.1) is 0 Å². The Bertz CT molecular complexity index is 801. The lowest BCUT2D eigenvalue weighted by Crippen LogP contribution is -2.32. The molecule has 0 aliphatic heterocycles. The monoisotopic (exact) mass is 342 g/mol. The van der Waals surface area contributed by atoms with Crippen LogP contribution in [0.1, 0.15) is 5.56 Å². The second kappa shape index (κ2) is 7.82. The van der Waals surface area contributed by atoms with Crippen LogP contribution in [-0.2, 0) is 9.59 Å². The van der Waals surface area contributed by atoms with Crippen molar-refractivity contribution in [3.05, 3.63) is 48.0 Å². The predicted octanol–water partition coefficient (Wildman–Crippen LogP) is 1.25. The lowest BCUT2D eigenvalue weighted by molar-refractivity contribution is -0.136. The van der Waals surface area contributed by atoms with Crippen molar-refractivity contribution >= 4 is 29.4 Å². The zero-order chi connectivity index (χ0) is 18.4. The van der Waals surface area contributed by atoms with Gasteiger partial charge in [0.2, 0.25) is 0 Å². The van der Waals surface area contributed by atoms with Crippen LogP contribution in [0.3, 0.4) is 0 Å². The van der Waals surface area contributed by atoms with Crippen molar-refractivity contribution in [1.29, 1.82) is 0 Å². The van der Waals surface area contributed by atoms with Crippen LogP contribution in [-0.4, -0.2) is 42.3 Å². The lowest BCUT2D eigenvalue weighted by atomic mass is 10.2. The first-order valence-electron chi connectivity index (χ1n) is 7.30. The first-order chi connectivity index (χ1) is 11.9. The van der Waals surface area contributed by atoms with Crippen molar-refractivity contribution in [2.75, 3.05) is 24.3 Å². The molecule has 130 valence electrons. The quantitative estimate of drug-likeness (QED) is 0.289. The first kappa shape index (κ1) is 17.8. The topological polar surface area (TPSA) is 114 Å². The molecule has 0 aromatic heterocycles. The van der Waals surface area contributed by atoms with E-state index in [1.165, 1.54) is 24.4 Å². The van der Waals surface area contributed by atoms with E-state index in [4.69, 9.17) is 0 Å². The van der Waals surface area contributed by atoms with Gasteiger partial charge in [0.05, 0.1) is 6.21 Å². The summed E-state index contributed by atoms with van der Waals surface area (Å²) < 4.78 is 0. The zero-order valence-electron chi connectivity index (χ0n) is 13.7. The minimum Gasteiger partial charge on any atom is -0.504 e. The van der Waals surface area contributed by atoms with Crippen LogP contribution in [0.2, 0.25) is 0 Å². The number of carbonyl (C=O) groups excluding carboxylic acids is 2. The molecule has 2 aromatic carbocycles. The van der Waals surface area contributed by atoms with Gasteiger partial charge in [0.25, 0.3) is 0 Å². The van der Waals surface area contributed by atoms with Crippen molar-refractivity contribution < 1.29 is 19.8 Å². The van der Waals surface area contributed by atoms with Crippen LogP contribution in [0.5, 0.6) is 11.5 Å². The van der Waals surface area contributed by atoms with Crippen molar-refractivity contribution in [2.24, 2.45) is 5.10 Å². The molecule has 2 amide bonds. The molecule has 0 unspecified atom stereocenters. The van der Waals surface area contributed by atoms with E-state index in [0.29, 0.717) is 11.3 Å². The standard InChI is InChI=1S/C17H18N4O4/c1-21(2)13-6-4-12(5-7-13)19-16(24)17(25)20-18-10-11-3-8-14(22)15(23)9-11/h3-10,22-23H,1-2H3,(H,19,24)(H,20,25)/b18-10+. The predicted molar refractivity (Wildman–Crippen MR) is 94.9 cm³/mol. The van der Waals surface area contributed by atoms with Crippen LogP contribution in [0.25, 0.3) is 0 Å². The maximum absolute atomic E-state index is 11.8. The van der Waals surface area contributed by atoms with Crippen LogP contribution >= 0.6 is 0 Å². The van der Waals surface area contributed by atoms with Crippen molar-refractivity contribution in [1.82, 2.24) is 5.43 Å². The fourth-order valence-electron chi connectivity index (χ4n) is 1.87. The highest BCUT2D eigenvalue weighted by molar-refractivity contribution is 6.39. The van der Waals surface area contributed by atoms with Crippen LogP contribution in [0.15, 0.2) is 47.6 Å². The second-order valence-electron chi connectivity index (χ2n) is 5.34. The van der Waals surface area contributed by atoms with Gasteiger partial charge in [-0.15, -0.1) is 0 Å². The smallest absolute Gasteiger partial charge is 0.329 e. The number of hydrogen-bond acceptors (Lipinski definition) is 6. The minimum atomic E-state index is -0.934. The lowest BCUT2D eigenvalue weighted by Gasteiger charge is -2.12. The highest BCUT2D eigenvalue weighted by Crippen LogP contribution is 2.23. The average molecular weight is 342 g/mol. The van der Waals surface area contributed by atoms with E-state index in [1.807, 2.05) is 31.1 Å². The third-order valence-electron chi connectivity index (χ3n) is 3.23. The summed E-state index contributed by atoms with van der Waals surface area (Å²) in [5.41, 5.74) is 3.97. The average Bonchev–Trinajstić information content (AvgIpc) is 2.58. The molecule has 0 atom stereocenters. The summed E-state index contributed by atoms with van der Waals surface area (Å²) in [7, 11) is 3.79. The van der Waals surface area contributed by atoms with E-state index in [9.17, 15) is 19.8 Å². The summed E-state index contributed by atoms with van der Waals surface area (Å²) in [4.78, 5) is 25.4. The Kier molecular flexibility index (Phi) is 5.57. The number of carbonyl (C=O) groups is 2. The van der Waals surface area contributed by atoms with E-state index in [1.54, 1.807) is 12.1 Å². The van der Waals surface area contributed by atoms with Gasteiger partial charge in [-0.05, 0) is 48.0 Å². The van der Waals surface area contributed by atoms with Gasteiger partial charge < -0.3 is 20.4 Å². The molecule has 25 heavy (non-hydrogen) atoms. The summed E-state index contributed by atoms with van der Waals surface area (Å²) in [6.45, 7) is 0. The second-order valence-corrected chi connectivity index (χ2v) is 5.34. The van der Waals surface area contributed by atoms with E-state index in [2.05, 4.69) is 15.8 Å². The number of phenols is 2. The minimum absolute atomic E-state index is 0.263. The van der Waals surface area contributed by atoms with E-state index in [-0.39, 0.29) is 11.5 Å². The Labute approximate surface area is 144 Å². The molecule has 2 aromatic rings. The van der Waals surface area contributed by atoms with Crippen LogP contribution < -0.4 is 15.6 Å². The van der Waals surface area contributed by atoms with Gasteiger partial charge in [0.15, 0.2) is 11.5 Å². The third kappa shape index (κ3) is 4.96. The van der Waals surface area contributed by atoms with Gasteiger partial charge in [-0.3, -0.25) is 9.59 Å². The number of hydrogen-bond donors (Lipinski definition) is 4. The van der Waals surface area contributed by atoms with Gasteiger partial charge >= 0.3 is 11.8 Å². The summed E-state index contributed by atoms with van der Waals surface area (Å²) in [6, 6.07) is 11.0. The normalized spacial score (nSPS) is 10.5. The molecular weight excluding hydrogens is 324 g/mol. The fraction of sp³-hybridized carbons (Fsp3) is 0.118. The number of amides is 2. The summed E-state index contributed by atoms with van der Waals surface area (Å²) in [5, 5.41) is 24.6. The zero-order valence-corrected chi connectivity index (χ0v) is 13.7. The molecule has 4 N–H and O–H groups in total. The number of anilines is 2. The van der Waals surface area contributed by atoms with Gasteiger partial charge in [-0.1, -0.05) is 0 Å². The molecule has 8 nitrogen and oxygen atoms in total. The number of nitrogens with zero attached hydrogens (tertiary/aromatic N) is 2. The van der Waals surface area contributed by atoms with Crippen molar-refractivity contribution in [3.8, 4) is 11.5 Å². The highest BCUT2D eigenvalue weighted by Gasteiger charge is 2.12. The Morgan fingerprint density at radius 3 is 2.28 bits per heavy atom. The Morgan fingerprint density at radius 1 is 1.00 bits per heavy atom. The van der Waals surface area contributed by atoms with Crippen molar-refractivity contribution in [3.63, 3.8) is 0 Å². The fourth-order valence-corrected chi connectivity index (χ4v) is 1.87. The molecule has 0 bridgehead atoms. The molecule has 0 aliphatic rings. The number of nitrogens with one attached hydrogen (secondary N) is 2. The molecule has 2 rings (SSSR count). The summed E-state index contributed by atoms with van der Waals surface area (Å²) >= 11 is 0. The molecule has 0 radical (unpaired) electrons. The molecule has 0 saturated carbocycles. The Morgan fingerprint density at radius 2 is 1.68 bits per heavy atom. The van der Waals surface area contributed by atoms with E-state index < -0.39 is 11.8 Å². The molecule has 0 aliphatic carbocycles. The van der Waals surface area contributed by atoms with Gasteiger partial charge in [0.1, 0.15) is 0 Å². The number of phenolic OH excluding ortho intramolecular Hbond substituents is 2. The molecule has 8 heteroatoms. The van der Waals surface area contributed by atoms with Gasteiger partial charge in [0, 0.05) is 25.5 Å². The first-order valence-corrected chi connectivity index (χ1v) is 7.30.